The summed E-state index contributed by atoms with van der Waals surface area (Å²) in [5.41, 5.74) is -0.000951. The molecule has 2 rings (SSSR count). The molecule has 1 N–H and O–H groups in total. The predicted molar refractivity (Wildman–Crippen MR) is 72.2 cm³/mol. The van der Waals surface area contributed by atoms with Crippen LogP contribution in [0.25, 0.3) is 0 Å². The molecule has 104 valence electrons. The summed E-state index contributed by atoms with van der Waals surface area (Å²) >= 11 is 0. The Labute approximate surface area is 118 Å². The molecule has 7 heteroatoms. The van der Waals surface area contributed by atoms with Gasteiger partial charge in [0.05, 0.1) is 22.6 Å². The van der Waals surface area contributed by atoms with Crippen LogP contribution in [0.15, 0.2) is 42.5 Å². The molecule has 1 amide bonds. The molecule has 6 nitrogen and oxygen atoms in total. The second-order valence-electron chi connectivity index (χ2n) is 4.10. The molecule has 0 heterocycles. The number of amides is 1. The maximum atomic E-state index is 13.3. The zero-order chi connectivity index (χ0) is 15.4. The predicted octanol–water partition coefficient (Wildman–Crippen LogP) is 2.86. The molecule has 0 saturated heterocycles. The van der Waals surface area contributed by atoms with Crippen molar-refractivity contribution in [2.24, 2.45) is 0 Å². The molecule has 0 aromatic heterocycles. The molecular formula is C14H8FN3O3. The van der Waals surface area contributed by atoms with Crippen LogP contribution in [0.1, 0.15) is 15.9 Å². The van der Waals surface area contributed by atoms with Gasteiger partial charge in [-0.1, -0.05) is 6.07 Å². The van der Waals surface area contributed by atoms with Gasteiger partial charge in [0.1, 0.15) is 5.82 Å². The van der Waals surface area contributed by atoms with Crippen LogP contribution in [-0.2, 0) is 0 Å². The number of halogens is 1. The van der Waals surface area contributed by atoms with Crippen molar-refractivity contribution in [3.63, 3.8) is 0 Å². The number of carbonyl (C=O) groups excluding carboxylic acids is 1. The monoisotopic (exact) mass is 285 g/mol. The van der Waals surface area contributed by atoms with Crippen molar-refractivity contribution in [1.29, 1.82) is 5.26 Å². The van der Waals surface area contributed by atoms with Crippen molar-refractivity contribution in [2.75, 3.05) is 5.32 Å². The summed E-state index contributed by atoms with van der Waals surface area (Å²) in [6, 6.07) is 10.6. The number of nitriles is 1. The normalized spacial score (nSPS) is 9.71. The van der Waals surface area contributed by atoms with Crippen LogP contribution in [0.3, 0.4) is 0 Å². The van der Waals surface area contributed by atoms with Crippen molar-refractivity contribution in [3.05, 3.63) is 69.5 Å². The highest BCUT2D eigenvalue weighted by Gasteiger charge is 2.15. The largest absolute Gasteiger partial charge is 0.322 e. The number of rotatable bonds is 3. The second-order valence-corrected chi connectivity index (χ2v) is 4.10. The lowest BCUT2D eigenvalue weighted by Crippen LogP contribution is -2.12. The van der Waals surface area contributed by atoms with Gasteiger partial charge in [0, 0.05) is 17.3 Å². The average molecular weight is 285 g/mol. The number of nitrogens with zero attached hydrogens (tertiary/aromatic N) is 2. The summed E-state index contributed by atoms with van der Waals surface area (Å²) in [4.78, 5) is 21.8. The second kappa shape index (κ2) is 5.79. The number of nitro benzene ring substituents is 1. The Hall–Kier alpha value is -3.27. The molecule has 0 fully saturated rings. The minimum atomic E-state index is -0.875. The highest BCUT2D eigenvalue weighted by molar-refractivity contribution is 6.04. The number of hydrogen-bond donors (Lipinski definition) is 1. The molecule has 0 spiro atoms. The third kappa shape index (κ3) is 3.39. The first-order valence-electron chi connectivity index (χ1n) is 5.76. The summed E-state index contributed by atoms with van der Waals surface area (Å²) in [5, 5.41) is 21.8. The highest BCUT2D eigenvalue weighted by Crippen LogP contribution is 2.18. The molecule has 0 aliphatic carbocycles. The van der Waals surface area contributed by atoms with Crippen LogP contribution in [-0.4, -0.2) is 10.8 Å². The van der Waals surface area contributed by atoms with Gasteiger partial charge in [-0.25, -0.2) is 4.39 Å². The topological polar surface area (TPSA) is 96.0 Å². The number of anilines is 1. The zero-order valence-electron chi connectivity index (χ0n) is 10.5. The molecule has 0 aliphatic heterocycles. The Bertz CT molecular complexity index is 768. The van der Waals surface area contributed by atoms with E-state index in [0.717, 1.165) is 18.2 Å². The summed E-state index contributed by atoms with van der Waals surface area (Å²) in [7, 11) is 0. The van der Waals surface area contributed by atoms with Gasteiger partial charge >= 0.3 is 0 Å². The first kappa shape index (κ1) is 14.1. The van der Waals surface area contributed by atoms with Gasteiger partial charge < -0.3 is 5.32 Å². The average Bonchev–Trinajstić information content (AvgIpc) is 2.46. The van der Waals surface area contributed by atoms with E-state index in [1.165, 1.54) is 6.07 Å². The lowest BCUT2D eigenvalue weighted by molar-refractivity contribution is -0.385. The van der Waals surface area contributed by atoms with Crippen LogP contribution < -0.4 is 5.32 Å². The molecule has 0 bridgehead atoms. The SMILES string of the molecule is N#Cc1cccc(NC(=O)c2cc(F)cc([N+](=O)[O-])c2)c1. The standard InChI is InChI=1S/C14H8FN3O3/c15-11-5-10(6-13(7-11)18(20)21)14(19)17-12-3-1-2-9(4-12)8-16/h1-7H,(H,17,19). The molecular weight excluding hydrogens is 277 g/mol. The quantitative estimate of drug-likeness (QED) is 0.692. The minimum Gasteiger partial charge on any atom is -0.322 e. The fraction of sp³-hybridized carbons (Fsp3) is 0. The van der Waals surface area contributed by atoms with Gasteiger partial charge in [0.15, 0.2) is 0 Å². The number of benzene rings is 2. The van der Waals surface area contributed by atoms with Crippen molar-refractivity contribution in [1.82, 2.24) is 0 Å². The van der Waals surface area contributed by atoms with E-state index in [0.29, 0.717) is 11.3 Å². The number of carbonyl (C=O) groups is 1. The van der Waals surface area contributed by atoms with E-state index in [2.05, 4.69) is 5.32 Å². The summed E-state index contributed by atoms with van der Waals surface area (Å²) in [6.07, 6.45) is 0. The Morgan fingerprint density at radius 1 is 1.29 bits per heavy atom. The lowest BCUT2D eigenvalue weighted by Gasteiger charge is -2.05. The minimum absolute atomic E-state index is 0.177. The van der Waals surface area contributed by atoms with E-state index in [-0.39, 0.29) is 5.56 Å². The molecule has 0 atom stereocenters. The Kier molecular flexibility index (Phi) is 3.90. The molecule has 21 heavy (non-hydrogen) atoms. The van der Waals surface area contributed by atoms with Gasteiger partial charge in [-0.3, -0.25) is 14.9 Å². The van der Waals surface area contributed by atoms with Gasteiger partial charge in [-0.2, -0.15) is 5.26 Å². The number of nitro groups is 1. The van der Waals surface area contributed by atoms with E-state index >= 15 is 0 Å². The van der Waals surface area contributed by atoms with Crippen molar-refractivity contribution < 1.29 is 14.1 Å². The van der Waals surface area contributed by atoms with Crippen LogP contribution in [0, 0.1) is 27.3 Å². The highest BCUT2D eigenvalue weighted by atomic mass is 19.1. The van der Waals surface area contributed by atoms with Crippen LogP contribution in [0.2, 0.25) is 0 Å². The summed E-state index contributed by atoms with van der Waals surface area (Å²) in [5.74, 6) is -1.58. The van der Waals surface area contributed by atoms with Gasteiger partial charge in [0.2, 0.25) is 0 Å². The van der Waals surface area contributed by atoms with Gasteiger partial charge in [-0.15, -0.1) is 0 Å². The van der Waals surface area contributed by atoms with Crippen molar-refractivity contribution in [3.8, 4) is 6.07 Å². The smallest absolute Gasteiger partial charge is 0.273 e. The number of non-ortho nitro benzene ring substituents is 1. The first-order valence-corrected chi connectivity index (χ1v) is 5.76. The Balaban J connectivity index is 2.28. The molecule has 2 aromatic rings. The van der Waals surface area contributed by atoms with E-state index in [1.807, 2.05) is 6.07 Å². The fourth-order valence-electron chi connectivity index (χ4n) is 1.68. The van der Waals surface area contributed by atoms with E-state index in [9.17, 15) is 19.3 Å². The van der Waals surface area contributed by atoms with E-state index in [1.54, 1.807) is 18.2 Å². The van der Waals surface area contributed by atoms with Gasteiger partial charge in [0.25, 0.3) is 11.6 Å². The van der Waals surface area contributed by atoms with Crippen molar-refractivity contribution in [2.45, 2.75) is 0 Å². The molecule has 2 aromatic carbocycles. The molecule has 0 radical (unpaired) electrons. The summed E-state index contributed by atoms with van der Waals surface area (Å²) in [6.45, 7) is 0. The fourth-order valence-corrected chi connectivity index (χ4v) is 1.68. The third-order valence-electron chi connectivity index (χ3n) is 2.61. The van der Waals surface area contributed by atoms with E-state index < -0.39 is 22.3 Å². The van der Waals surface area contributed by atoms with Crippen molar-refractivity contribution >= 4 is 17.3 Å². The van der Waals surface area contributed by atoms with Crippen LogP contribution in [0.5, 0.6) is 0 Å². The van der Waals surface area contributed by atoms with E-state index in [4.69, 9.17) is 5.26 Å². The third-order valence-corrected chi connectivity index (χ3v) is 2.61. The number of nitrogens with one attached hydrogen (secondary N) is 1. The van der Waals surface area contributed by atoms with Crippen LogP contribution >= 0.6 is 0 Å². The molecule has 0 saturated carbocycles. The first-order chi connectivity index (χ1) is 9.99. The van der Waals surface area contributed by atoms with Gasteiger partial charge in [-0.05, 0) is 24.3 Å². The Morgan fingerprint density at radius 2 is 2.05 bits per heavy atom. The molecule has 0 unspecified atom stereocenters. The maximum Gasteiger partial charge on any atom is 0.273 e. The van der Waals surface area contributed by atoms with Crippen LogP contribution in [0.4, 0.5) is 15.8 Å². The maximum absolute atomic E-state index is 13.3. The Morgan fingerprint density at radius 3 is 2.71 bits per heavy atom. The molecule has 0 aliphatic rings. The summed E-state index contributed by atoms with van der Waals surface area (Å²) < 4.78 is 13.3. The number of hydrogen-bond acceptors (Lipinski definition) is 4. The zero-order valence-corrected chi connectivity index (χ0v) is 10.5. The lowest BCUT2D eigenvalue weighted by atomic mass is 10.1.